The van der Waals surface area contributed by atoms with E-state index in [4.69, 9.17) is 5.11 Å². The zero-order valence-electron chi connectivity index (χ0n) is 18.5. The molecule has 0 fully saturated rings. The molecule has 3 rings (SSSR count). The average Bonchev–Trinajstić information content (AvgIpc) is 3.04. The van der Waals surface area contributed by atoms with Gasteiger partial charge >= 0.3 is 12.1 Å². The smallest absolute Gasteiger partial charge is 0.417 e. The number of hydrogen-bond donors (Lipinski definition) is 3. The highest BCUT2D eigenvalue weighted by atomic mass is 19.4. The molecular formula is C23H22F4N4O4. The molecule has 0 bridgehead atoms. The molecule has 3 N–H and O–H groups in total. The second-order valence-corrected chi connectivity index (χ2v) is 7.78. The number of nitrogens with zero attached hydrogens (tertiary/aromatic N) is 3. The van der Waals surface area contributed by atoms with Gasteiger partial charge in [0.15, 0.2) is 5.69 Å². The molecule has 1 aromatic heterocycles. The lowest BCUT2D eigenvalue weighted by Gasteiger charge is -2.15. The number of alkyl halides is 3. The Balaban J connectivity index is 1.83. The van der Waals surface area contributed by atoms with Gasteiger partial charge in [-0.3, -0.25) is 19.4 Å². The van der Waals surface area contributed by atoms with Crippen LogP contribution in [-0.2, 0) is 17.5 Å². The van der Waals surface area contributed by atoms with Gasteiger partial charge in [0, 0.05) is 24.1 Å². The molecule has 8 nitrogen and oxygen atoms in total. The van der Waals surface area contributed by atoms with Crippen LogP contribution >= 0.6 is 0 Å². The van der Waals surface area contributed by atoms with Gasteiger partial charge in [0.05, 0.1) is 11.3 Å². The molecule has 35 heavy (non-hydrogen) atoms. The number of aromatic nitrogens is 2. The van der Waals surface area contributed by atoms with Gasteiger partial charge in [-0.2, -0.15) is 18.3 Å². The Kier molecular flexibility index (Phi) is 7.72. The molecule has 0 radical (unpaired) electrons. The van der Waals surface area contributed by atoms with E-state index in [0.29, 0.717) is 5.69 Å². The molecule has 1 atom stereocenters. The van der Waals surface area contributed by atoms with Crippen molar-refractivity contribution in [2.75, 3.05) is 0 Å². The van der Waals surface area contributed by atoms with E-state index in [1.54, 1.807) is 13.0 Å². The third-order valence-electron chi connectivity index (χ3n) is 5.23. The van der Waals surface area contributed by atoms with E-state index >= 15 is 0 Å². The summed E-state index contributed by atoms with van der Waals surface area (Å²) >= 11 is 0. The first kappa shape index (κ1) is 25.7. The normalized spacial score (nSPS) is 16.7. The fourth-order valence-electron chi connectivity index (χ4n) is 3.47. The van der Waals surface area contributed by atoms with Gasteiger partial charge in [-0.15, -0.1) is 5.11 Å². The number of benzene rings is 1. The molecule has 2 aromatic rings. The van der Waals surface area contributed by atoms with Crippen LogP contribution in [0.5, 0.6) is 0 Å². The monoisotopic (exact) mass is 494 g/mol. The molecule has 1 aliphatic carbocycles. The molecule has 0 aliphatic heterocycles. The van der Waals surface area contributed by atoms with Crippen LogP contribution in [0.2, 0.25) is 0 Å². The van der Waals surface area contributed by atoms with Crippen LogP contribution in [0.4, 0.5) is 23.2 Å². The number of aryl methyl sites for hydroxylation is 2. The Bertz CT molecular complexity index is 1290. The summed E-state index contributed by atoms with van der Waals surface area (Å²) in [6, 6.07) is 1.73. The van der Waals surface area contributed by atoms with Crippen molar-refractivity contribution in [3.8, 4) is 0 Å². The number of aliphatic carboxylic acids is 1. The Morgan fingerprint density at radius 2 is 2.06 bits per heavy atom. The minimum Gasteiger partial charge on any atom is -0.509 e. The number of allylic oxidation sites excluding steroid dienone is 3. The van der Waals surface area contributed by atoms with E-state index in [2.05, 4.69) is 15.3 Å². The van der Waals surface area contributed by atoms with Gasteiger partial charge in [0.25, 0.3) is 5.56 Å². The van der Waals surface area contributed by atoms with E-state index in [9.17, 15) is 32.3 Å². The predicted molar refractivity (Wildman–Crippen MR) is 119 cm³/mol. The molecular weight excluding hydrogens is 472 g/mol. The molecule has 12 heteroatoms. The Hall–Kier alpha value is -3.96. The van der Waals surface area contributed by atoms with E-state index in [1.807, 2.05) is 0 Å². The number of carbonyl (C=O) groups is 1. The summed E-state index contributed by atoms with van der Waals surface area (Å²) in [6.07, 6.45) is 0.741. The van der Waals surface area contributed by atoms with Gasteiger partial charge in [0.2, 0.25) is 0 Å². The summed E-state index contributed by atoms with van der Waals surface area (Å²) < 4.78 is 54.9. The highest BCUT2D eigenvalue weighted by molar-refractivity contribution is 5.66. The number of aliphatic hydroxyl groups is 1. The summed E-state index contributed by atoms with van der Waals surface area (Å²) in [6.45, 7) is 1.73. The van der Waals surface area contributed by atoms with Gasteiger partial charge in [-0.1, -0.05) is 30.4 Å². The third kappa shape index (κ3) is 6.14. The maximum Gasteiger partial charge on any atom is 0.417 e. The number of azo groups is 1. The number of carboxylic acid groups (broad SMARTS) is 1. The third-order valence-corrected chi connectivity index (χ3v) is 5.23. The van der Waals surface area contributed by atoms with Crippen LogP contribution in [0.15, 0.2) is 62.8 Å². The van der Waals surface area contributed by atoms with Gasteiger partial charge < -0.3 is 10.2 Å². The van der Waals surface area contributed by atoms with Gasteiger partial charge in [0.1, 0.15) is 17.6 Å². The summed E-state index contributed by atoms with van der Waals surface area (Å²) in [5, 5.41) is 30.0. The quantitative estimate of drug-likeness (QED) is 0.334. The van der Waals surface area contributed by atoms with E-state index in [-0.39, 0.29) is 42.8 Å². The molecule has 0 spiro atoms. The molecule has 0 saturated heterocycles. The lowest BCUT2D eigenvalue weighted by Crippen LogP contribution is -2.17. The standard InChI is InChI=1S/C23H22F4N4O4/c1-13-20(22(35)31(30-13)12-4-9-19(32)33)29-28-18-8-2-5-14(21(18)34)10-11-15-16(23(25,26)27)6-3-7-17(15)24/h2-3,5-7,10-11,18,30,34H,4,8-9,12H2,1H3,(H,32,33)/b11-10+,29-28?. The second-order valence-electron chi connectivity index (χ2n) is 7.78. The topological polar surface area (TPSA) is 120 Å². The Morgan fingerprint density at radius 1 is 1.31 bits per heavy atom. The number of nitrogens with one attached hydrogen (secondary N) is 1. The Labute approximate surface area is 196 Å². The van der Waals surface area contributed by atoms with Crippen molar-refractivity contribution in [1.29, 1.82) is 0 Å². The van der Waals surface area contributed by atoms with Crippen molar-refractivity contribution in [3.63, 3.8) is 0 Å². The number of halogens is 4. The van der Waals surface area contributed by atoms with Crippen LogP contribution in [0.3, 0.4) is 0 Å². The molecule has 186 valence electrons. The van der Waals surface area contributed by atoms with Crippen molar-refractivity contribution in [2.24, 2.45) is 10.2 Å². The first-order valence-electron chi connectivity index (χ1n) is 10.5. The van der Waals surface area contributed by atoms with E-state index in [0.717, 1.165) is 30.4 Å². The number of aliphatic hydroxyl groups excluding tert-OH is 1. The maximum atomic E-state index is 14.1. The predicted octanol–water partition coefficient (Wildman–Crippen LogP) is 5.45. The second kappa shape index (κ2) is 10.5. The van der Waals surface area contributed by atoms with Gasteiger partial charge in [-0.05, 0) is 31.9 Å². The molecule has 1 aliphatic rings. The highest BCUT2D eigenvalue weighted by Crippen LogP contribution is 2.34. The van der Waals surface area contributed by atoms with Crippen molar-refractivity contribution in [3.05, 3.63) is 80.8 Å². The Morgan fingerprint density at radius 3 is 2.74 bits per heavy atom. The number of carboxylic acids is 1. The molecule has 1 aromatic carbocycles. The fraction of sp³-hybridized carbons (Fsp3) is 0.304. The van der Waals surface area contributed by atoms with Crippen LogP contribution in [-0.4, -0.2) is 32.0 Å². The molecule has 0 saturated carbocycles. The van der Waals surface area contributed by atoms with Crippen molar-refractivity contribution >= 4 is 17.7 Å². The SMILES string of the molecule is Cc1[nH]n(CCCC(=O)O)c(=O)c1N=NC1CC=CC(/C=C/c2c(F)cccc2C(F)(F)F)=C1O. The summed E-state index contributed by atoms with van der Waals surface area (Å²) in [4.78, 5) is 23.1. The summed E-state index contributed by atoms with van der Waals surface area (Å²) in [5.74, 6) is -2.34. The van der Waals surface area contributed by atoms with Crippen LogP contribution < -0.4 is 5.56 Å². The van der Waals surface area contributed by atoms with Crippen LogP contribution in [0, 0.1) is 12.7 Å². The van der Waals surface area contributed by atoms with E-state index in [1.165, 1.54) is 10.8 Å². The molecule has 1 unspecified atom stereocenters. The lowest BCUT2D eigenvalue weighted by atomic mass is 9.99. The zero-order chi connectivity index (χ0) is 25.8. The van der Waals surface area contributed by atoms with E-state index < -0.39 is 40.7 Å². The summed E-state index contributed by atoms with van der Waals surface area (Å²) in [7, 11) is 0. The molecule has 0 amide bonds. The largest absolute Gasteiger partial charge is 0.509 e. The first-order valence-corrected chi connectivity index (χ1v) is 10.5. The summed E-state index contributed by atoms with van der Waals surface area (Å²) in [5.41, 5.74) is -1.82. The van der Waals surface area contributed by atoms with Gasteiger partial charge in [-0.25, -0.2) is 4.39 Å². The maximum absolute atomic E-state index is 14.1. The van der Waals surface area contributed by atoms with Crippen LogP contribution in [0.25, 0.3) is 6.08 Å². The number of rotatable bonds is 8. The number of aromatic amines is 1. The average molecular weight is 494 g/mol. The number of H-pyrrole nitrogens is 1. The molecule has 1 heterocycles. The minimum atomic E-state index is -4.76. The fourth-order valence-corrected chi connectivity index (χ4v) is 3.47. The lowest BCUT2D eigenvalue weighted by molar-refractivity contribution is -0.138. The highest BCUT2D eigenvalue weighted by Gasteiger charge is 2.33. The van der Waals surface area contributed by atoms with Crippen molar-refractivity contribution in [1.82, 2.24) is 9.78 Å². The van der Waals surface area contributed by atoms with Crippen molar-refractivity contribution < 1.29 is 32.6 Å². The number of hydrogen-bond acceptors (Lipinski definition) is 5. The first-order chi connectivity index (χ1) is 16.5. The van der Waals surface area contributed by atoms with Crippen LogP contribution in [0.1, 0.15) is 36.1 Å². The minimum absolute atomic E-state index is 0.0130. The zero-order valence-corrected chi connectivity index (χ0v) is 18.5. The van der Waals surface area contributed by atoms with Crippen molar-refractivity contribution in [2.45, 2.75) is 44.9 Å².